The quantitative estimate of drug-likeness (QED) is 0.767. The van der Waals surface area contributed by atoms with Gasteiger partial charge in [-0.15, -0.1) is 0 Å². The summed E-state index contributed by atoms with van der Waals surface area (Å²) in [5.41, 5.74) is 1.64. The molecule has 0 radical (unpaired) electrons. The first-order valence-electron chi connectivity index (χ1n) is 6.49. The number of amides is 1. The molecule has 110 valence electrons. The number of hydrogen-bond acceptors (Lipinski definition) is 2. The zero-order valence-corrected chi connectivity index (χ0v) is 12.9. The van der Waals surface area contributed by atoms with Crippen LogP contribution in [0.2, 0.25) is 0 Å². The summed E-state index contributed by atoms with van der Waals surface area (Å²) in [6, 6.07) is 13.3. The lowest BCUT2D eigenvalue weighted by atomic mass is 10.2. The summed E-state index contributed by atoms with van der Waals surface area (Å²) < 4.78 is 15.7. The Balaban J connectivity index is 1.78. The number of carbonyl (C=O) groups is 1. The number of halogens is 2. The Bertz CT molecular complexity index is 814. The standard InChI is InChI=1S/C16H11BrFN3O/c17-12-4-6-15(7-5-12)21-10-11(9-19-21)16(22)20-14-3-1-2-13(18)8-14/h1-10H,(H,20,22). The van der Waals surface area contributed by atoms with Crippen LogP contribution in [-0.2, 0) is 0 Å². The van der Waals surface area contributed by atoms with Crippen LogP contribution < -0.4 is 5.32 Å². The minimum atomic E-state index is -0.400. The molecule has 3 rings (SSSR count). The van der Waals surface area contributed by atoms with Gasteiger partial charge in [0.1, 0.15) is 5.82 Å². The molecule has 0 aliphatic rings. The van der Waals surface area contributed by atoms with Crippen molar-refractivity contribution in [3.63, 3.8) is 0 Å². The van der Waals surface area contributed by atoms with Crippen LogP contribution in [0.15, 0.2) is 65.4 Å². The first-order valence-corrected chi connectivity index (χ1v) is 7.29. The third kappa shape index (κ3) is 3.23. The summed E-state index contributed by atoms with van der Waals surface area (Å²) in [5.74, 6) is -0.739. The molecule has 0 aliphatic carbocycles. The molecule has 0 spiro atoms. The molecule has 3 aromatic rings. The minimum absolute atomic E-state index is 0.339. The zero-order chi connectivity index (χ0) is 15.5. The van der Waals surface area contributed by atoms with E-state index in [9.17, 15) is 9.18 Å². The SMILES string of the molecule is O=C(Nc1cccc(F)c1)c1cnn(-c2ccc(Br)cc2)c1. The number of benzene rings is 2. The van der Waals surface area contributed by atoms with Crippen LogP contribution >= 0.6 is 15.9 Å². The molecule has 0 saturated heterocycles. The molecular formula is C16H11BrFN3O. The topological polar surface area (TPSA) is 46.9 Å². The summed E-state index contributed by atoms with van der Waals surface area (Å²) in [6.45, 7) is 0. The zero-order valence-electron chi connectivity index (χ0n) is 11.3. The molecule has 0 fully saturated rings. The van der Waals surface area contributed by atoms with E-state index in [1.165, 1.54) is 24.4 Å². The Morgan fingerprint density at radius 1 is 1.18 bits per heavy atom. The predicted molar refractivity (Wildman–Crippen MR) is 85.6 cm³/mol. The smallest absolute Gasteiger partial charge is 0.258 e. The van der Waals surface area contributed by atoms with Crippen LogP contribution in [0.1, 0.15) is 10.4 Å². The van der Waals surface area contributed by atoms with Gasteiger partial charge in [-0.2, -0.15) is 5.10 Å². The van der Waals surface area contributed by atoms with Gasteiger partial charge >= 0.3 is 0 Å². The molecule has 22 heavy (non-hydrogen) atoms. The molecule has 1 amide bonds. The van der Waals surface area contributed by atoms with E-state index in [1.807, 2.05) is 24.3 Å². The fourth-order valence-corrected chi connectivity index (χ4v) is 2.21. The summed E-state index contributed by atoms with van der Waals surface area (Å²) in [5, 5.41) is 6.80. The molecule has 0 atom stereocenters. The molecule has 0 aliphatic heterocycles. The molecule has 4 nitrogen and oxygen atoms in total. The van der Waals surface area contributed by atoms with Crippen LogP contribution in [-0.4, -0.2) is 15.7 Å². The van der Waals surface area contributed by atoms with E-state index in [1.54, 1.807) is 16.9 Å². The molecule has 1 aromatic heterocycles. The summed E-state index contributed by atoms with van der Waals surface area (Å²) in [6.07, 6.45) is 3.09. The number of anilines is 1. The molecule has 0 bridgehead atoms. The highest BCUT2D eigenvalue weighted by Crippen LogP contribution is 2.15. The third-order valence-electron chi connectivity index (χ3n) is 3.02. The van der Waals surface area contributed by atoms with Crippen molar-refractivity contribution < 1.29 is 9.18 Å². The fourth-order valence-electron chi connectivity index (χ4n) is 1.94. The Morgan fingerprint density at radius 3 is 2.68 bits per heavy atom. The van der Waals surface area contributed by atoms with Crippen molar-refractivity contribution in [2.45, 2.75) is 0 Å². The van der Waals surface area contributed by atoms with Crippen LogP contribution in [0, 0.1) is 5.82 Å². The van der Waals surface area contributed by atoms with Crippen molar-refractivity contribution in [2.75, 3.05) is 5.32 Å². The normalized spacial score (nSPS) is 10.5. The largest absolute Gasteiger partial charge is 0.322 e. The first-order chi connectivity index (χ1) is 10.6. The van der Waals surface area contributed by atoms with E-state index in [0.717, 1.165) is 10.2 Å². The van der Waals surface area contributed by atoms with Crippen molar-refractivity contribution in [3.05, 3.63) is 76.8 Å². The van der Waals surface area contributed by atoms with Crippen molar-refractivity contribution in [3.8, 4) is 5.69 Å². The van der Waals surface area contributed by atoms with Crippen molar-refractivity contribution in [1.29, 1.82) is 0 Å². The average molecular weight is 360 g/mol. The Hall–Kier alpha value is -2.47. The van der Waals surface area contributed by atoms with E-state index in [2.05, 4.69) is 26.3 Å². The van der Waals surface area contributed by atoms with Gasteiger partial charge in [-0.3, -0.25) is 4.79 Å². The van der Waals surface area contributed by atoms with E-state index in [-0.39, 0.29) is 5.91 Å². The maximum absolute atomic E-state index is 13.1. The Labute approximate surface area is 134 Å². The van der Waals surface area contributed by atoms with Crippen LogP contribution in [0.25, 0.3) is 5.69 Å². The number of hydrogen-bond donors (Lipinski definition) is 1. The summed E-state index contributed by atoms with van der Waals surface area (Å²) in [4.78, 5) is 12.1. The van der Waals surface area contributed by atoms with Gasteiger partial charge in [0, 0.05) is 16.4 Å². The van der Waals surface area contributed by atoms with E-state index in [0.29, 0.717) is 11.3 Å². The third-order valence-corrected chi connectivity index (χ3v) is 3.55. The maximum Gasteiger partial charge on any atom is 0.258 e. The Kier molecular flexibility index (Phi) is 4.02. The number of rotatable bonds is 3. The fraction of sp³-hybridized carbons (Fsp3) is 0. The highest BCUT2D eigenvalue weighted by molar-refractivity contribution is 9.10. The predicted octanol–water partition coefficient (Wildman–Crippen LogP) is 4.03. The van der Waals surface area contributed by atoms with E-state index in [4.69, 9.17) is 0 Å². The Morgan fingerprint density at radius 2 is 1.95 bits per heavy atom. The van der Waals surface area contributed by atoms with Crippen molar-refractivity contribution >= 4 is 27.5 Å². The molecule has 0 unspecified atom stereocenters. The van der Waals surface area contributed by atoms with Crippen LogP contribution in [0.3, 0.4) is 0 Å². The van der Waals surface area contributed by atoms with Gasteiger partial charge in [0.05, 0.1) is 17.4 Å². The second-order valence-corrected chi connectivity index (χ2v) is 5.53. The molecule has 1 N–H and O–H groups in total. The second kappa shape index (κ2) is 6.11. The summed E-state index contributed by atoms with van der Waals surface area (Å²) >= 11 is 3.36. The van der Waals surface area contributed by atoms with Gasteiger partial charge in [0.2, 0.25) is 0 Å². The van der Waals surface area contributed by atoms with Gasteiger partial charge in [0.15, 0.2) is 0 Å². The maximum atomic E-state index is 13.1. The second-order valence-electron chi connectivity index (χ2n) is 4.61. The highest BCUT2D eigenvalue weighted by Gasteiger charge is 2.10. The van der Waals surface area contributed by atoms with Crippen LogP contribution in [0.5, 0.6) is 0 Å². The van der Waals surface area contributed by atoms with Crippen molar-refractivity contribution in [2.24, 2.45) is 0 Å². The molecular weight excluding hydrogens is 349 g/mol. The lowest BCUT2D eigenvalue weighted by Crippen LogP contribution is -2.11. The number of nitrogens with one attached hydrogen (secondary N) is 1. The number of carbonyl (C=O) groups excluding carboxylic acids is 1. The monoisotopic (exact) mass is 359 g/mol. The molecule has 0 saturated carbocycles. The van der Waals surface area contributed by atoms with Crippen LogP contribution in [0.4, 0.5) is 10.1 Å². The average Bonchev–Trinajstić information content (AvgIpc) is 2.98. The van der Waals surface area contributed by atoms with Crippen molar-refractivity contribution in [1.82, 2.24) is 9.78 Å². The first kappa shape index (κ1) is 14.5. The van der Waals surface area contributed by atoms with Gasteiger partial charge in [-0.05, 0) is 42.5 Å². The van der Waals surface area contributed by atoms with E-state index < -0.39 is 5.82 Å². The highest BCUT2D eigenvalue weighted by atomic mass is 79.9. The van der Waals surface area contributed by atoms with Gasteiger partial charge in [-0.1, -0.05) is 22.0 Å². The lowest BCUT2D eigenvalue weighted by molar-refractivity contribution is 0.102. The summed E-state index contributed by atoms with van der Waals surface area (Å²) in [7, 11) is 0. The number of aromatic nitrogens is 2. The van der Waals surface area contributed by atoms with Gasteiger partial charge < -0.3 is 5.32 Å². The minimum Gasteiger partial charge on any atom is -0.322 e. The van der Waals surface area contributed by atoms with E-state index >= 15 is 0 Å². The van der Waals surface area contributed by atoms with Gasteiger partial charge in [0.25, 0.3) is 5.91 Å². The lowest BCUT2D eigenvalue weighted by Gasteiger charge is -2.03. The van der Waals surface area contributed by atoms with Gasteiger partial charge in [-0.25, -0.2) is 9.07 Å². The molecule has 2 aromatic carbocycles. The number of nitrogens with zero attached hydrogens (tertiary/aromatic N) is 2. The molecule has 6 heteroatoms. The molecule has 1 heterocycles.